The van der Waals surface area contributed by atoms with Crippen LogP contribution in [-0.2, 0) is 4.74 Å². The lowest BCUT2D eigenvalue weighted by Gasteiger charge is -2.50. The van der Waals surface area contributed by atoms with E-state index in [9.17, 15) is 0 Å². The molecule has 3 heteroatoms. The minimum atomic E-state index is 0.203. The third-order valence-electron chi connectivity index (χ3n) is 4.64. The fourth-order valence-electron chi connectivity index (χ4n) is 4.05. The van der Waals surface area contributed by atoms with Crippen LogP contribution in [0.4, 0.5) is 0 Å². The van der Waals surface area contributed by atoms with E-state index in [1.165, 1.54) is 25.8 Å². The summed E-state index contributed by atoms with van der Waals surface area (Å²) in [4.78, 5) is 2.71. The minimum Gasteiger partial charge on any atom is -0.375 e. The van der Waals surface area contributed by atoms with E-state index in [0.29, 0.717) is 12.2 Å². The minimum absolute atomic E-state index is 0.203. The van der Waals surface area contributed by atoms with E-state index in [2.05, 4.69) is 25.7 Å². The van der Waals surface area contributed by atoms with Gasteiger partial charge in [-0.05, 0) is 52.5 Å². The maximum Gasteiger partial charge on any atom is 0.0568 e. The van der Waals surface area contributed by atoms with Crippen LogP contribution in [0.2, 0.25) is 0 Å². The van der Waals surface area contributed by atoms with Gasteiger partial charge in [-0.2, -0.15) is 0 Å². The van der Waals surface area contributed by atoms with Gasteiger partial charge in [-0.15, -0.1) is 0 Å². The Morgan fingerprint density at radius 3 is 2.47 bits per heavy atom. The third-order valence-corrected chi connectivity index (χ3v) is 4.64. The molecule has 2 fully saturated rings. The van der Waals surface area contributed by atoms with E-state index in [-0.39, 0.29) is 5.54 Å². The first-order valence-electron chi connectivity index (χ1n) is 7.23. The summed E-state index contributed by atoms with van der Waals surface area (Å²) in [6.07, 6.45) is 6.84. The Hall–Kier alpha value is -0.120. The molecule has 0 aromatic rings. The molecule has 2 rings (SSSR count). The van der Waals surface area contributed by atoms with Crippen molar-refractivity contribution in [1.29, 1.82) is 0 Å². The van der Waals surface area contributed by atoms with Gasteiger partial charge < -0.3 is 10.5 Å². The van der Waals surface area contributed by atoms with Crippen molar-refractivity contribution in [3.05, 3.63) is 0 Å². The standard InChI is InChI=1S/C14H28N2O/c1-4-13-6-5-7-16(13)14(10-15)8-11(2)17-12(3)9-14/h11-13H,4-10,15H2,1-3H3. The molecule has 2 aliphatic heterocycles. The summed E-state index contributed by atoms with van der Waals surface area (Å²) in [5.74, 6) is 0. The molecule has 2 heterocycles. The highest BCUT2D eigenvalue weighted by Crippen LogP contribution is 2.38. The van der Waals surface area contributed by atoms with Crippen molar-refractivity contribution in [1.82, 2.24) is 4.90 Å². The molecule has 0 saturated carbocycles. The number of rotatable bonds is 3. The predicted molar refractivity (Wildman–Crippen MR) is 71.0 cm³/mol. The normalized spacial score (nSPS) is 44.1. The Morgan fingerprint density at radius 1 is 1.29 bits per heavy atom. The van der Waals surface area contributed by atoms with Gasteiger partial charge in [-0.25, -0.2) is 0 Å². The number of hydrogen-bond acceptors (Lipinski definition) is 3. The fourth-order valence-corrected chi connectivity index (χ4v) is 4.05. The van der Waals surface area contributed by atoms with Crippen LogP contribution in [0.5, 0.6) is 0 Å². The molecule has 0 radical (unpaired) electrons. The van der Waals surface area contributed by atoms with Crippen molar-refractivity contribution < 1.29 is 4.74 Å². The molecule has 2 saturated heterocycles. The van der Waals surface area contributed by atoms with Gasteiger partial charge in [0.25, 0.3) is 0 Å². The molecule has 2 aliphatic rings. The molecule has 3 nitrogen and oxygen atoms in total. The molecule has 0 aliphatic carbocycles. The van der Waals surface area contributed by atoms with Crippen molar-refractivity contribution in [3.63, 3.8) is 0 Å². The molecular weight excluding hydrogens is 212 g/mol. The molecule has 0 aromatic carbocycles. The highest BCUT2D eigenvalue weighted by molar-refractivity contribution is 5.01. The summed E-state index contributed by atoms with van der Waals surface area (Å²) in [6.45, 7) is 8.70. The molecular formula is C14H28N2O. The van der Waals surface area contributed by atoms with E-state index in [0.717, 1.165) is 25.4 Å². The largest absolute Gasteiger partial charge is 0.375 e. The first kappa shape index (κ1) is 13.3. The average molecular weight is 240 g/mol. The highest BCUT2D eigenvalue weighted by atomic mass is 16.5. The van der Waals surface area contributed by atoms with Gasteiger partial charge in [-0.3, -0.25) is 4.90 Å². The van der Waals surface area contributed by atoms with Crippen LogP contribution in [0.25, 0.3) is 0 Å². The predicted octanol–water partition coefficient (Wildman–Crippen LogP) is 2.15. The van der Waals surface area contributed by atoms with Gasteiger partial charge in [0, 0.05) is 18.1 Å². The Kier molecular flexibility index (Phi) is 4.11. The number of likely N-dealkylation sites (tertiary alicyclic amines) is 1. The van der Waals surface area contributed by atoms with Crippen molar-refractivity contribution in [2.75, 3.05) is 13.1 Å². The quantitative estimate of drug-likeness (QED) is 0.821. The van der Waals surface area contributed by atoms with E-state index in [1.807, 2.05) is 0 Å². The number of hydrogen-bond donors (Lipinski definition) is 1. The zero-order valence-electron chi connectivity index (χ0n) is 11.6. The smallest absolute Gasteiger partial charge is 0.0568 e. The summed E-state index contributed by atoms with van der Waals surface area (Å²) in [7, 11) is 0. The lowest BCUT2D eigenvalue weighted by Crippen LogP contribution is -2.60. The van der Waals surface area contributed by atoms with Gasteiger partial charge in [-0.1, -0.05) is 6.92 Å². The Labute approximate surface area is 106 Å². The Bertz CT molecular complexity index is 247. The summed E-state index contributed by atoms with van der Waals surface area (Å²) in [5, 5.41) is 0. The zero-order chi connectivity index (χ0) is 12.5. The average Bonchev–Trinajstić information content (AvgIpc) is 2.76. The number of nitrogens with two attached hydrogens (primary N) is 1. The first-order valence-corrected chi connectivity index (χ1v) is 7.23. The summed E-state index contributed by atoms with van der Waals surface area (Å²) < 4.78 is 5.89. The van der Waals surface area contributed by atoms with Crippen LogP contribution in [0.15, 0.2) is 0 Å². The van der Waals surface area contributed by atoms with Crippen LogP contribution < -0.4 is 5.73 Å². The van der Waals surface area contributed by atoms with Crippen LogP contribution in [-0.4, -0.2) is 41.8 Å². The second-order valence-electron chi connectivity index (χ2n) is 5.99. The number of ether oxygens (including phenoxy) is 1. The molecule has 17 heavy (non-hydrogen) atoms. The van der Waals surface area contributed by atoms with Crippen molar-refractivity contribution in [2.24, 2.45) is 5.73 Å². The second kappa shape index (κ2) is 5.25. The van der Waals surface area contributed by atoms with Gasteiger partial charge in [0.2, 0.25) is 0 Å². The maximum atomic E-state index is 6.16. The number of nitrogens with zero attached hydrogens (tertiary/aromatic N) is 1. The third kappa shape index (κ3) is 2.51. The molecule has 0 amide bonds. The summed E-state index contributed by atoms with van der Waals surface area (Å²) in [6, 6.07) is 0.746. The summed E-state index contributed by atoms with van der Waals surface area (Å²) in [5.41, 5.74) is 6.36. The SMILES string of the molecule is CCC1CCCN1C1(CN)CC(C)OC(C)C1. The molecule has 0 spiro atoms. The zero-order valence-corrected chi connectivity index (χ0v) is 11.6. The van der Waals surface area contributed by atoms with Crippen LogP contribution in [0, 0.1) is 0 Å². The molecule has 100 valence electrons. The van der Waals surface area contributed by atoms with Crippen molar-refractivity contribution in [3.8, 4) is 0 Å². The van der Waals surface area contributed by atoms with E-state index in [1.54, 1.807) is 0 Å². The lowest BCUT2D eigenvalue weighted by molar-refractivity contribution is -0.106. The Morgan fingerprint density at radius 2 is 1.94 bits per heavy atom. The molecule has 3 unspecified atom stereocenters. The molecule has 3 atom stereocenters. The molecule has 2 N–H and O–H groups in total. The van der Waals surface area contributed by atoms with Crippen molar-refractivity contribution >= 4 is 0 Å². The van der Waals surface area contributed by atoms with Gasteiger partial charge in [0.1, 0.15) is 0 Å². The molecule has 0 aromatic heterocycles. The first-order chi connectivity index (χ1) is 8.11. The lowest BCUT2D eigenvalue weighted by atomic mass is 9.81. The fraction of sp³-hybridized carbons (Fsp3) is 1.00. The maximum absolute atomic E-state index is 6.16. The van der Waals surface area contributed by atoms with Gasteiger partial charge >= 0.3 is 0 Å². The van der Waals surface area contributed by atoms with E-state index >= 15 is 0 Å². The second-order valence-corrected chi connectivity index (χ2v) is 5.99. The highest BCUT2D eigenvalue weighted by Gasteiger charge is 2.45. The van der Waals surface area contributed by atoms with Crippen LogP contribution in [0.3, 0.4) is 0 Å². The van der Waals surface area contributed by atoms with Crippen LogP contribution in [0.1, 0.15) is 52.9 Å². The van der Waals surface area contributed by atoms with Crippen molar-refractivity contribution in [2.45, 2.75) is 76.7 Å². The molecule has 0 bridgehead atoms. The van der Waals surface area contributed by atoms with Crippen LogP contribution >= 0.6 is 0 Å². The topological polar surface area (TPSA) is 38.5 Å². The summed E-state index contributed by atoms with van der Waals surface area (Å²) >= 11 is 0. The van der Waals surface area contributed by atoms with E-state index in [4.69, 9.17) is 10.5 Å². The van der Waals surface area contributed by atoms with Gasteiger partial charge in [0.05, 0.1) is 12.2 Å². The van der Waals surface area contributed by atoms with E-state index < -0.39 is 0 Å². The monoisotopic (exact) mass is 240 g/mol. The Balaban J connectivity index is 2.17. The van der Waals surface area contributed by atoms with Gasteiger partial charge in [0.15, 0.2) is 0 Å².